The van der Waals surface area contributed by atoms with E-state index in [-0.39, 0.29) is 24.7 Å². The van der Waals surface area contributed by atoms with E-state index in [9.17, 15) is 23.7 Å². The summed E-state index contributed by atoms with van der Waals surface area (Å²) in [7, 11) is -3.24. The molecule has 1 atom stereocenters. The van der Waals surface area contributed by atoms with Gasteiger partial charge in [-0.1, -0.05) is 62.8 Å². The number of carboxylic acid groups (broad SMARTS) is 1. The van der Waals surface area contributed by atoms with Gasteiger partial charge in [0.05, 0.1) is 20.1 Å². The lowest BCUT2D eigenvalue weighted by Crippen LogP contribution is -2.43. The van der Waals surface area contributed by atoms with Crippen molar-refractivity contribution in [2.24, 2.45) is 0 Å². The number of hydrogen-bond donors (Lipinski definition) is 6. The van der Waals surface area contributed by atoms with E-state index in [1.165, 1.54) is 0 Å². The summed E-state index contributed by atoms with van der Waals surface area (Å²) in [6, 6.07) is 13.0. The van der Waals surface area contributed by atoms with E-state index in [2.05, 4.69) is 20.5 Å². The minimum atomic E-state index is -4.83. The number of unbranched alkanes of at least 4 members (excludes halogenated alkanes) is 7. The number of phosphoric acid groups is 1. The molecule has 0 aliphatic carbocycles. The first-order valence-electron chi connectivity index (χ1n) is 15.0. The van der Waals surface area contributed by atoms with Crippen molar-refractivity contribution in [2.75, 3.05) is 20.3 Å². The zero-order valence-electron chi connectivity index (χ0n) is 25.5. The largest absolute Gasteiger partial charge is 0.497 e. The highest BCUT2D eigenvalue weighted by atomic mass is 31.2. The van der Waals surface area contributed by atoms with Gasteiger partial charge in [-0.2, -0.15) is 0 Å². The number of carboxylic acids is 1. The Morgan fingerprint density at radius 3 is 2.09 bits per heavy atom. The number of benzene rings is 2. The standard InChI is InChI=1S/C31H44N3O10P/c1-43-26-16-14-23(15-17-26)20-29(36)33-21-24-11-10-12-25(19-24)30(37)32-18-9-7-5-3-2-4-6-8-13-28(35)34-27(31(38)39)22-44-45(40,41)42/h10-12,14-17,19,27H,2-9,13,18,20-22H2,1H3,(H,32,37)(H,33,36)(H,34,35)(H,38,39)(H2,40,41,42)/t27-/m0/s1. The summed E-state index contributed by atoms with van der Waals surface area (Å²) in [5, 5.41) is 17.1. The summed E-state index contributed by atoms with van der Waals surface area (Å²) in [5.41, 5.74) is 2.26. The smallest absolute Gasteiger partial charge is 0.469 e. The monoisotopic (exact) mass is 649 g/mol. The van der Waals surface area contributed by atoms with Gasteiger partial charge in [-0.25, -0.2) is 9.36 Å². The molecule has 248 valence electrons. The SMILES string of the molecule is COc1ccc(CC(=O)NCc2cccc(C(=O)NCCCCCCCCCCC(=O)N[C@@H](COP(=O)(O)O)C(=O)O)c2)cc1. The molecule has 2 aromatic rings. The van der Waals surface area contributed by atoms with E-state index in [1.54, 1.807) is 25.3 Å². The van der Waals surface area contributed by atoms with Crippen molar-refractivity contribution in [3.8, 4) is 5.75 Å². The molecule has 13 nitrogen and oxygen atoms in total. The van der Waals surface area contributed by atoms with Crippen LogP contribution in [0.4, 0.5) is 0 Å². The number of hydrogen-bond acceptors (Lipinski definition) is 7. The molecule has 0 saturated carbocycles. The molecule has 0 saturated heterocycles. The maximum Gasteiger partial charge on any atom is 0.469 e. The van der Waals surface area contributed by atoms with Crippen molar-refractivity contribution >= 4 is 31.5 Å². The average Bonchev–Trinajstić information content (AvgIpc) is 3.00. The van der Waals surface area contributed by atoms with Crippen LogP contribution in [0.15, 0.2) is 48.5 Å². The molecular weight excluding hydrogens is 605 g/mol. The van der Waals surface area contributed by atoms with Gasteiger partial charge in [0.15, 0.2) is 6.04 Å². The topological polar surface area (TPSA) is 201 Å². The molecule has 0 aliphatic heterocycles. The lowest BCUT2D eigenvalue weighted by molar-refractivity contribution is -0.142. The van der Waals surface area contributed by atoms with Gasteiger partial charge in [0, 0.05) is 25.1 Å². The van der Waals surface area contributed by atoms with Crippen LogP contribution in [0, 0.1) is 0 Å². The van der Waals surface area contributed by atoms with E-state index in [4.69, 9.17) is 19.6 Å². The van der Waals surface area contributed by atoms with Gasteiger partial charge in [0.1, 0.15) is 5.75 Å². The van der Waals surface area contributed by atoms with E-state index in [0.29, 0.717) is 25.1 Å². The minimum Gasteiger partial charge on any atom is -0.497 e. The van der Waals surface area contributed by atoms with Gasteiger partial charge in [0.2, 0.25) is 11.8 Å². The van der Waals surface area contributed by atoms with Gasteiger partial charge >= 0.3 is 13.8 Å². The quantitative estimate of drug-likeness (QED) is 0.0810. The average molecular weight is 650 g/mol. The summed E-state index contributed by atoms with van der Waals surface area (Å²) in [6.45, 7) is 0.0648. The summed E-state index contributed by atoms with van der Waals surface area (Å²) < 4.78 is 20.0. The van der Waals surface area contributed by atoms with Crippen LogP contribution in [-0.2, 0) is 36.4 Å². The van der Waals surface area contributed by atoms with E-state index in [0.717, 1.165) is 61.8 Å². The van der Waals surface area contributed by atoms with Crippen LogP contribution >= 0.6 is 7.82 Å². The number of carbonyl (C=O) groups is 4. The summed E-state index contributed by atoms with van der Waals surface area (Å²) in [4.78, 5) is 65.3. The van der Waals surface area contributed by atoms with Crippen LogP contribution in [0.1, 0.15) is 79.3 Å². The molecule has 0 unspecified atom stereocenters. The van der Waals surface area contributed by atoms with Crippen molar-refractivity contribution in [1.82, 2.24) is 16.0 Å². The number of carbonyl (C=O) groups excluding carboxylic acids is 3. The lowest BCUT2D eigenvalue weighted by Gasteiger charge is -2.15. The summed E-state index contributed by atoms with van der Waals surface area (Å²) >= 11 is 0. The number of methoxy groups -OCH3 is 1. The fraction of sp³-hybridized carbons (Fsp3) is 0.484. The molecule has 0 fully saturated rings. The third kappa shape index (κ3) is 16.8. The molecule has 0 aliphatic rings. The Hall–Kier alpha value is -3.77. The van der Waals surface area contributed by atoms with Crippen LogP contribution in [0.25, 0.3) is 0 Å². The molecule has 45 heavy (non-hydrogen) atoms. The van der Waals surface area contributed by atoms with Crippen LogP contribution in [0.2, 0.25) is 0 Å². The maximum atomic E-state index is 12.6. The second-order valence-electron chi connectivity index (χ2n) is 10.6. The Morgan fingerprint density at radius 1 is 0.822 bits per heavy atom. The fourth-order valence-electron chi connectivity index (χ4n) is 4.40. The highest BCUT2D eigenvalue weighted by molar-refractivity contribution is 7.46. The normalized spacial score (nSPS) is 11.8. The fourth-order valence-corrected chi connectivity index (χ4v) is 4.75. The van der Waals surface area contributed by atoms with Gasteiger partial charge < -0.3 is 35.6 Å². The molecule has 3 amide bonds. The number of aliphatic carboxylic acids is 1. The lowest BCUT2D eigenvalue weighted by atomic mass is 10.1. The Kier molecular flexibility index (Phi) is 16.9. The van der Waals surface area contributed by atoms with E-state index < -0.39 is 32.3 Å². The number of ether oxygens (including phenoxy) is 1. The van der Waals surface area contributed by atoms with Crippen LogP contribution in [-0.4, -0.2) is 64.9 Å². The first-order valence-corrected chi connectivity index (χ1v) is 16.5. The van der Waals surface area contributed by atoms with Crippen LogP contribution in [0.3, 0.4) is 0 Å². The Labute approximate surface area is 263 Å². The Bertz CT molecular complexity index is 1280. The molecule has 0 spiro atoms. The molecule has 2 rings (SSSR count). The third-order valence-electron chi connectivity index (χ3n) is 6.86. The zero-order valence-corrected chi connectivity index (χ0v) is 26.4. The second kappa shape index (κ2) is 20.3. The van der Waals surface area contributed by atoms with Gasteiger partial charge in [0.25, 0.3) is 5.91 Å². The highest BCUT2D eigenvalue weighted by Gasteiger charge is 2.24. The predicted molar refractivity (Wildman–Crippen MR) is 166 cm³/mol. The van der Waals surface area contributed by atoms with E-state index in [1.807, 2.05) is 30.3 Å². The summed E-state index contributed by atoms with van der Waals surface area (Å²) in [6.07, 6.45) is 7.50. The molecule has 6 N–H and O–H groups in total. The van der Waals surface area contributed by atoms with Crippen molar-refractivity contribution in [3.05, 3.63) is 65.2 Å². The van der Waals surface area contributed by atoms with E-state index >= 15 is 0 Å². The summed E-state index contributed by atoms with van der Waals surface area (Å²) in [5.74, 6) is -1.49. The van der Waals surface area contributed by atoms with Crippen molar-refractivity contribution in [2.45, 2.75) is 76.8 Å². The molecule has 0 bridgehead atoms. The number of nitrogens with one attached hydrogen (secondary N) is 3. The predicted octanol–water partition coefficient (Wildman–Crippen LogP) is 3.47. The molecule has 14 heteroatoms. The minimum absolute atomic E-state index is 0.111. The number of phosphoric ester groups is 1. The zero-order chi connectivity index (χ0) is 33.1. The first kappa shape index (κ1) is 37.4. The molecule has 0 radical (unpaired) electrons. The van der Waals surface area contributed by atoms with Crippen molar-refractivity contribution in [1.29, 1.82) is 0 Å². The molecular formula is C31H44N3O10P. The Balaban J connectivity index is 1.52. The number of rotatable bonds is 22. The third-order valence-corrected chi connectivity index (χ3v) is 7.35. The van der Waals surface area contributed by atoms with Gasteiger partial charge in [-0.3, -0.25) is 18.9 Å². The van der Waals surface area contributed by atoms with Gasteiger partial charge in [-0.15, -0.1) is 0 Å². The van der Waals surface area contributed by atoms with Crippen molar-refractivity contribution < 1.29 is 47.9 Å². The Morgan fingerprint density at radius 2 is 1.47 bits per heavy atom. The second-order valence-corrected chi connectivity index (χ2v) is 11.8. The van der Waals surface area contributed by atoms with Gasteiger partial charge in [-0.05, 0) is 48.2 Å². The van der Waals surface area contributed by atoms with Crippen LogP contribution in [0.5, 0.6) is 5.75 Å². The first-order chi connectivity index (χ1) is 21.5. The highest BCUT2D eigenvalue weighted by Crippen LogP contribution is 2.35. The van der Waals surface area contributed by atoms with Crippen LogP contribution < -0.4 is 20.7 Å². The molecule has 0 aromatic heterocycles. The van der Waals surface area contributed by atoms with Crippen molar-refractivity contribution in [3.63, 3.8) is 0 Å². The molecule has 0 heterocycles. The number of amides is 3. The maximum absolute atomic E-state index is 12.6. The molecule has 2 aromatic carbocycles.